The molecule has 1 aromatic carbocycles. The number of nitrogens with two attached hydrogens (primary N) is 1. The smallest absolute Gasteiger partial charge is 0.142 e. The summed E-state index contributed by atoms with van der Waals surface area (Å²) in [6, 6.07) is 16.3. The van der Waals surface area contributed by atoms with E-state index in [9.17, 15) is 5.26 Å². The molecule has 0 aliphatic rings. The molecule has 0 radical (unpaired) electrons. The number of aryl methyl sites for hydroxylation is 2. The number of thiophene rings is 1. The molecule has 22 heavy (non-hydrogen) atoms. The third-order valence-electron chi connectivity index (χ3n) is 3.57. The minimum Gasteiger partial charge on any atom is -0.383 e. The molecular formula is C18H15N3S. The third-order valence-corrected chi connectivity index (χ3v) is 4.59. The Kier molecular flexibility index (Phi) is 3.66. The third kappa shape index (κ3) is 2.36. The van der Waals surface area contributed by atoms with Crippen molar-refractivity contribution in [3.05, 3.63) is 58.6 Å². The van der Waals surface area contributed by atoms with E-state index >= 15 is 0 Å². The first-order valence-corrected chi connectivity index (χ1v) is 7.76. The van der Waals surface area contributed by atoms with Crippen molar-refractivity contribution in [2.75, 3.05) is 5.73 Å². The SMILES string of the molecule is Cc1ccc(-c2c(C#N)c(N)nc(C)c2-c2ccccc2)s1. The van der Waals surface area contributed by atoms with E-state index in [1.165, 1.54) is 4.88 Å². The summed E-state index contributed by atoms with van der Waals surface area (Å²) in [4.78, 5) is 6.62. The van der Waals surface area contributed by atoms with Gasteiger partial charge in [0.1, 0.15) is 17.5 Å². The number of hydrogen-bond acceptors (Lipinski definition) is 4. The molecule has 0 saturated carbocycles. The second-order valence-corrected chi connectivity index (χ2v) is 6.38. The van der Waals surface area contributed by atoms with Gasteiger partial charge in [-0.1, -0.05) is 30.3 Å². The fraction of sp³-hybridized carbons (Fsp3) is 0.111. The lowest BCUT2D eigenvalue weighted by atomic mass is 9.94. The number of nitrogens with zero attached hydrogens (tertiary/aromatic N) is 2. The standard InChI is InChI=1S/C18H15N3S/c1-11-8-9-15(22-11)17-14(10-19)18(20)21-12(2)16(17)13-6-4-3-5-7-13/h3-9H,1-2H3,(H2,20,21). The number of rotatable bonds is 2. The normalized spacial score (nSPS) is 10.4. The summed E-state index contributed by atoms with van der Waals surface area (Å²) in [6.07, 6.45) is 0. The van der Waals surface area contributed by atoms with Crippen LogP contribution in [0.3, 0.4) is 0 Å². The lowest BCUT2D eigenvalue weighted by molar-refractivity contribution is 1.20. The van der Waals surface area contributed by atoms with Crippen molar-refractivity contribution in [3.63, 3.8) is 0 Å². The highest BCUT2D eigenvalue weighted by Gasteiger charge is 2.20. The van der Waals surface area contributed by atoms with E-state index in [1.54, 1.807) is 11.3 Å². The lowest BCUT2D eigenvalue weighted by Crippen LogP contribution is -2.02. The van der Waals surface area contributed by atoms with Crippen molar-refractivity contribution in [1.82, 2.24) is 4.98 Å². The summed E-state index contributed by atoms with van der Waals surface area (Å²) >= 11 is 1.66. The van der Waals surface area contributed by atoms with Gasteiger partial charge in [-0.15, -0.1) is 11.3 Å². The van der Waals surface area contributed by atoms with E-state index in [-0.39, 0.29) is 0 Å². The fourth-order valence-electron chi connectivity index (χ4n) is 2.61. The van der Waals surface area contributed by atoms with Gasteiger partial charge in [0.2, 0.25) is 0 Å². The van der Waals surface area contributed by atoms with E-state index in [4.69, 9.17) is 5.73 Å². The average molecular weight is 305 g/mol. The molecule has 0 unspecified atom stereocenters. The Morgan fingerprint density at radius 3 is 2.36 bits per heavy atom. The largest absolute Gasteiger partial charge is 0.383 e. The molecule has 0 aliphatic carbocycles. The molecule has 2 heterocycles. The lowest BCUT2D eigenvalue weighted by Gasteiger charge is -2.14. The highest BCUT2D eigenvalue weighted by atomic mass is 32.1. The number of aromatic nitrogens is 1. The van der Waals surface area contributed by atoms with Gasteiger partial charge >= 0.3 is 0 Å². The molecule has 4 heteroatoms. The average Bonchev–Trinajstić information content (AvgIpc) is 2.93. The van der Waals surface area contributed by atoms with Gasteiger partial charge in [0, 0.05) is 26.6 Å². The second kappa shape index (κ2) is 5.63. The molecule has 0 aliphatic heterocycles. The van der Waals surface area contributed by atoms with E-state index in [2.05, 4.69) is 24.0 Å². The number of nitriles is 1. The summed E-state index contributed by atoms with van der Waals surface area (Å²) in [6.45, 7) is 3.99. The second-order valence-electron chi connectivity index (χ2n) is 5.10. The van der Waals surface area contributed by atoms with Crippen LogP contribution in [-0.4, -0.2) is 4.98 Å². The van der Waals surface area contributed by atoms with Crippen molar-refractivity contribution in [1.29, 1.82) is 5.26 Å². The molecule has 0 spiro atoms. The molecule has 0 saturated heterocycles. The topological polar surface area (TPSA) is 62.7 Å². The quantitative estimate of drug-likeness (QED) is 0.755. The molecule has 2 N–H and O–H groups in total. The Bertz CT molecular complexity index is 873. The molecule has 0 bridgehead atoms. The zero-order valence-corrected chi connectivity index (χ0v) is 13.2. The van der Waals surface area contributed by atoms with Crippen molar-refractivity contribution in [2.24, 2.45) is 0 Å². The minimum atomic E-state index is 0.292. The van der Waals surface area contributed by atoms with Gasteiger partial charge in [0.25, 0.3) is 0 Å². The summed E-state index contributed by atoms with van der Waals surface area (Å²) in [5.74, 6) is 0.292. The Morgan fingerprint density at radius 1 is 1.05 bits per heavy atom. The van der Waals surface area contributed by atoms with Crippen LogP contribution in [-0.2, 0) is 0 Å². The Labute approximate surface area is 133 Å². The number of hydrogen-bond donors (Lipinski definition) is 1. The van der Waals surface area contributed by atoms with E-state index in [1.807, 2.05) is 43.3 Å². The minimum absolute atomic E-state index is 0.292. The van der Waals surface area contributed by atoms with Gasteiger partial charge in [-0.25, -0.2) is 4.98 Å². The molecule has 0 fully saturated rings. The predicted molar refractivity (Wildman–Crippen MR) is 91.6 cm³/mol. The number of anilines is 1. The monoisotopic (exact) mass is 305 g/mol. The Morgan fingerprint density at radius 2 is 1.77 bits per heavy atom. The van der Waals surface area contributed by atoms with Gasteiger partial charge in [0.15, 0.2) is 0 Å². The van der Waals surface area contributed by atoms with Crippen LogP contribution in [0.25, 0.3) is 21.6 Å². The van der Waals surface area contributed by atoms with Crippen LogP contribution in [0.1, 0.15) is 16.1 Å². The van der Waals surface area contributed by atoms with Crippen LogP contribution in [0.5, 0.6) is 0 Å². The van der Waals surface area contributed by atoms with Crippen LogP contribution in [0.4, 0.5) is 5.82 Å². The summed E-state index contributed by atoms with van der Waals surface area (Å²) in [5.41, 5.74) is 10.2. The van der Waals surface area contributed by atoms with E-state index in [0.29, 0.717) is 11.4 Å². The molecule has 3 nitrogen and oxygen atoms in total. The molecule has 3 rings (SSSR count). The molecule has 0 atom stereocenters. The van der Waals surface area contributed by atoms with Gasteiger partial charge < -0.3 is 5.73 Å². The van der Waals surface area contributed by atoms with Gasteiger partial charge in [-0.05, 0) is 31.5 Å². The van der Waals surface area contributed by atoms with Crippen molar-refractivity contribution in [2.45, 2.75) is 13.8 Å². The maximum Gasteiger partial charge on any atom is 0.142 e. The molecule has 2 aromatic heterocycles. The molecular weight excluding hydrogens is 290 g/mol. The van der Waals surface area contributed by atoms with Crippen molar-refractivity contribution in [3.8, 4) is 27.6 Å². The molecule has 108 valence electrons. The van der Waals surface area contributed by atoms with Crippen molar-refractivity contribution >= 4 is 17.2 Å². The maximum atomic E-state index is 9.56. The van der Waals surface area contributed by atoms with E-state index < -0.39 is 0 Å². The highest BCUT2D eigenvalue weighted by molar-refractivity contribution is 7.15. The van der Waals surface area contributed by atoms with Gasteiger partial charge in [-0.2, -0.15) is 5.26 Å². The zero-order chi connectivity index (χ0) is 15.7. The molecule has 3 aromatic rings. The van der Waals surface area contributed by atoms with Crippen molar-refractivity contribution < 1.29 is 0 Å². The van der Waals surface area contributed by atoms with Crippen LogP contribution in [0, 0.1) is 25.2 Å². The Balaban J connectivity index is 2.41. The zero-order valence-electron chi connectivity index (χ0n) is 12.4. The Hall–Kier alpha value is -2.64. The number of benzene rings is 1. The van der Waals surface area contributed by atoms with Crippen LogP contribution in [0.2, 0.25) is 0 Å². The van der Waals surface area contributed by atoms with Crippen LogP contribution in [0.15, 0.2) is 42.5 Å². The highest BCUT2D eigenvalue weighted by Crippen LogP contribution is 2.41. The predicted octanol–water partition coefficient (Wildman–Crippen LogP) is 4.55. The number of nitrogen functional groups attached to an aromatic ring is 1. The van der Waals surface area contributed by atoms with Crippen LogP contribution >= 0.6 is 11.3 Å². The number of pyridine rings is 1. The van der Waals surface area contributed by atoms with Gasteiger partial charge in [0.05, 0.1) is 0 Å². The molecule has 0 amide bonds. The van der Waals surface area contributed by atoms with Crippen LogP contribution < -0.4 is 5.73 Å². The summed E-state index contributed by atoms with van der Waals surface area (Å²) in [7, 11) is 0. The first-order valence-electron chi connectivity index (χ1n) is 6.94. The first kappa shape index (κ1) is 14.3. The first-order chi connectivity index (χ1) is 10.6. The van der Waals surface area contributed by atoms with E-state index in [0.717, 1.165) is 27.3 Å². The summed E-state index contributed by atoms with van der Waals surface area (Å²) < 4.78 is 0. The summed E-state index contributed by atoms with van der Waals surface area (Å²) in [5, 5.41) is 9.56. The maximum absolute atomic E-state index is 9.56. The van der Waals surface area contributed by atoms with Gasteiger partial charge in [-0.3, -0.25) is 0 Å². The fourth-order valence-corrected chi connectivity index (χ4v) is 3.54.